The van der Waals surface area contributed by atoms with E-state index in [0.29, 0.717) is 30.3 Å². The molecule has 0 unspecified atom stereocenters. The molecule has 0 fully saturated rings. The number of hydrogen-bond acceptors (Lipinski definition) is 5. The van der Waals surface area contributed by atoms with Crippen LogP contribution >= 0.6 is 11.6 Å². The second kappa shape index (κ2) is 6.71. The lowest BCUT2D eigenvalue weighted by Crippen LogP contribution is -2.17. The van der Waals surface area contributed by atoms with Crippen molar-refractivity contribution < 1.29 is 23.8 Å². The molecule has 2 aromatic carbocycles. The summed E-state index contributed by atoms with van der Waals surface area (Å²) in [5, 5.41) is 0.282. The van der Waals surface area contributed by atoms with Crippen molar-refractivity contribution in [2.45, 2.75) is 0 Å². The molecule has 0 spiro atoms. The second-order valence-electron chi connectivity index (χ2n) is 4.84. The first-order valence-corrected chi connectivity index (χ1v) is 7.37. The van der Waals surface area contributed by atoms with Gasteiger partial charge in [0.2, 0.25) is 0 Å². The average Bonchev–Trinajstić information content (AvgIpc) is 2.59. The predicted molar refractivity (Wildman–Crippen MR) is 83.5 cm³/mol. The largest absolute Gasteiger partial charge is 0.486 e. The van der Waals surface area contributed by atoms with Crippen LogP contribution in [0.3, 0.4) is 0 Å². The number of Topliss-reactive ketones (excluding diaryl/α,β-unsaturated/α-hetero) is 1. The third kappa shape index (κ3) is 3.46. The van der Waals surface area contributed by atoms with Gasteiger partial charge >= 0.3 is 5.97 Å². The van der Waals surface area contributed by atoms with E-state index < -0.39 is 5.97 Å². The van der Waals surface area contributed by atoms with Crippen LogP contribution in [-0.4, -0.2) is 31.6 Å². The molecule has 1 heterocycles. The van der Waals surface area contributed by atoms with Crippen molar-refractivity contribution in [2.75, 3.05) is 19.8 Å². The number of ether oxygens (including phenoxy) is 3. The van der Waals surface area contributed by atoms with Gasteiger partial charge in [-0.15, -0.1) is 0 Å². The summed E-state index contributed by atoms with van der Waals surface area (Å²) in [5.41, 5.74) is 0.616. The third-order valence-corrected chi connectivity index (χ3v) is 3.62. The summed E-state index contributed by atoms with van der Waals surface area (Å²) in [6, 6.07) is 11.4. The Hall–Kier alpha value is -2.53. The van der Waals surface area contributed by atoms with Crippen molar-refractivity contribution in [3.63, 3.8) is 0 Å². The Balaban J connectivity index is 1.66. The van der Waals surface area contributed by atoms with E-state index >= 15 is 0 Å². The monoisotopic (exact) mass is 332 g/mol. The molecule has 0 atom stereocenters. The quantitative estimate of drug-likeness (QED) is 0.635. The van der Waals surface area contributed by atoms with Gasteiger partial charge in [0.15, 0.2) is 23.9 Å². The fraction of sp³-hybridized carbons (Fsp3) is 0.176. The highest BCUT2D eigenvalue weighted by Gasteiger charge is 2.17. The van der Waals surface area contributed by atoms with Crippen LogP contribution in [0.5, 0.6) is 11.5 Å². The van der Waals surface area contributed by atoms with Crippen LogP contribution in [0.2, 0.25) is 5.02 Å². The Labute approximate surface area is 137 Å². The summed E-state index contributed by atoms with van der Waals surface area (Å²) in [6.07, 6.45) is 0. The fourth-order valence-electron chi connectivity index (χ4n) is 2.14. The van der Waals surface area contributed by atoms with Crippen LogP contribution in [0, 0.1) is 0 Å². The van der Waals surface area contributed by atoms with Crippen molar-refractivity contribution in [1.29, 1.82) is 0 Å². The zero-order valence-electron chi connectivity index (χ0n) is 12.1. The molecule has 0 saturated heterocycles. The van der Waals surface area contributed by atoms with E-state index in [1.807, 2.05) is 0 Å². The number of benzene rings is 2. The molecule has 0 saturated carbocycles. The Morgan fingerprint density at radius 3 is 2.57 bits per heavy atom. The first kappa shape index (κ1) is 15.4. The summed E-state index contributed by atoms with van der Waals surface area (Å²) in [6.45, 7) is 0.547. The Morgan fingerprint density at radius 1 is 1.04 bits per heavy atom. The van der Waals surface area contributed by atoms with E-state index in [-0.39, 0.29) is 23.0 Å². The van der Waals surface area contributed by atoms with Crippen LogP contribution in [0.4, 0.5) is 0 Å². The van der Waals surface area contributed by atoms with Crippen molar-refractivity contribution in [2.24, 2.45) is 0 Å². The Bertz CT molecular complexity index is 756. The molecule has 0 radical (unpaired) electrons. The highest BCUT2D eigenvalue weighted by atomic mass is 35.5. The van der Waals surface area contributed by atoms with Crippen molar-refractivity contribution in [3.05, 3.63) is 58.6 Å². The Kier molecular flexibility index (Phi) is 4.48. The first-order chi connectivity index (χ1) is 11.1. The van der Waals surface area contributed by atoms with Gasteiger partial charge in [-0.2, -0.15) is 0 Å². The number of fused-ring (bicyclic) bond motifs is 1. The summed E-state index contributed by atoms with van der Waals surface area (Å²) in [7, 11) is 0. The van der Waals surface area contributed by atoms with Crippen LogP contribution in [0.1, 0.15) is 20.7 Å². The van der Waals surface area contributed by atoms with Crippen molar-refractivity contribution in [3.8, 4) is 11.5 Å². The molecule has 3 rings (SSSR count). The lowest BCUT2D eigenvalue weighted by Gasteiger charge is -2.18. The van der Waals surface area contributed by atoms with Crippen LogP contribution in [-0.2, 0) is 4.74 Å². The first-order valence-electron chi connectivity index (χ1n) is 6.99. The molecule has 0 amide bonds. The van der Waals surface area contributed by atoms with E-state index in [0.717, 1.165) is 0 Å². The summed E-state index contributed by atoms with van der Waals surface area (Å²) >= 11 is 5.91. The molecule has 6 heteroatoms. The maximum absolute atomic E-state index is 12.1. The van der Waals surface area contributed by atoms with E-state index in [4.69, 9.17) is 25.8 Å². The van der Waals surface area contributed by atoms with Crippen LogP contribution < -0.4 is 9.47 Å². The highest BCUT2D eigenvalue weighted by Crippen LogP contribution is 2.30. The number of esters is 1. The maximum atomic E-state index is 12.1. The molecule has 0 N–H and O–H groups in total. The lowest BCUT2D eigenvalue weighted by atomic mass is 10.1. The highest BCUT2D eigenvalue weighted by molar-refractivity contribution is 6.33. The SMILES string of the molecule is O=C(COC(=O)c1ccccc1Cl)c1ccc2c(c1)OCCO2. The number of rotatable bonds is 4. The zero-order chi connectivity index (χ0) is 16.2. The predicted octanol–water partition coefficient (Wildman–Crippen LogP) is 3.15. The smallest absolute Gasteiger partial charge is 0.340 e. The fourth-order valence-corrected chi connectivity index (χ4v) is 2.35. The topological polar surface area (TPSA) is 61.8 Å². The molecule has 0 aliphatic carbocycles. The van der Waals surface area contributed by atoms with Gasteiger partial charge in [-0.05, 0) is 30.3 Å². The summed E-state index contributed by atoms with van der Waals surface area (Å²) < 4.78 is 15.8. The molecule has 23 heavy (non-hydrogen) atoms. The summed E-state index contributed by atoms with van der Waals surface area (Å²) in [4.78, 5) is 24.1. The molecule has 2 aromatic rings. The van der Waals surface area contributed by atoms with Gasteiger partial charge < -0.3 is 14.2 Å². The molecule has 1 aliphatic rings. The minimum absolute atomic E-state index is 0.226. The van der Waals surface area contributed by atoms with Crippen LogP contribution in [0.25, 0.3) is 0 Å². The molecular weight excluding hydrogens is 320 g/mol. The summed E-state index contributed by atoms with van der Waals surface area (Å²) in [5.74, 6) is 0.143. The van der Waals surface area contributed by atoms with Crippen molar-refractivity contribution in [1.82, 2.24) is 0 Å². The molecular formula is C17H13ClO5. The molecule has 1 aliphatic heterocycles. The second-order valence-corrected chi connectivity index (χ2v) is 5.24. The number of carbonyl (C=O) groups excluding carboxylic acids is 2. The molecule has 5 nitrogen and oxygen atoms in total. The van der Waals surface area contributed by atoms with Gasteiger partial charge in [0, 0.05) is 5.56 Å². The normalized spacial score (nSPS) is 12.6. The van der Waals surface area contributed by atoms with Gasteiger partial charge in [-0.1, -0.05) is 23.7 Å². The molecule has 0 bridgehead atoms. The number of halogens is 1. The molecule has 0 aromatic heterocycles. The van der Waals surface area contributed by atoms with Crippen LogP contribution in [0.15, 0.2) is 42.5 Å². The average molecular weight is 333 g/mol. The third-order valence-electron chi connectivity index (χ3n) is 3.29. The Morgan fingerprint density at radius 2 is 1.78 bits per heavy atom. The van der Waals surface area contributed by atoms with Gasteiger partial charge in [-0.3, -0.25) is 4.79 Å². The molecule has 118 valence electrons. The zero-order valence-corrected chi connectivity index (χ0v) is 12.8. The van der Waals surface area contributed by atoms with Gasteiger partial charge in [0.1, 0.15) is 13.2 Å². The maximum Gasteiger partial charge on any atom is 0.340 e. The lowest BCUT2D eigenvalue weighted by molar-refractivity contribution is 0.0474. The van der Waals surface area contributed by atoms with Gasteiger partial charge in [0.05, 0.1) is 10.6 Å². The van der Waals surface area contributed by atoms with Gasteiger partial charge in [-0.25, -0.2) is 4.79 Å². The van der Waals surface area contributed by atoms with E-state index in [9.17, 15) is 9.59 Å². The van der Waals surface area contributed by atoms with E-state index in [2.05, 4.69) is 0 Å². The number of hydrogen-bond donors (Lipinski definition) is 0. The van der Waals surface area contributed by atoms with E-state index in [1.165, 1.54) is 0 Å². The number of ketones is 1. The van der Waals surface area contributed by atoms with E-state index in [1.54, 1.807) is 42.5 Å². The minimum atomic E-state index is -0.638. The van der Waals surface area contributed by atoms with Crippen molar-refractivity contribution >= 4 is 23.4 Å². The number of carbonyl (C=O) groups is 2. The van der Waals surface area contributed by atoms with Gasteiger partial charge in [0.25, 0.3) is 0 Å². The minimum Gasteiger partial charge on any atom is -0.486 e. The standard InChI is InChI=1S/C17H13ClO5/c18-13-4-2-1-3-12(13)17(20)23-10-14(19)11-5-6-15-16(9-11)22-8-7-21-15/h1-6,9H,7-8,10H2.